The molecule has 0 unspecified atom stereocenters. The Hall–Kier alpha value is -3.39. The van der Waals surface area contributed by atoms with E-state index in [1.54, 1.807) is 23.7 Å². The minimum Gasteiger partial charge on any atom is -0.488 e. The lowest BCUT2D eigenvalue weighted by Crippen LogP contribution is -2.22. The number of hydrogen-bond donors (Lipinski definition) is 0. The zero-order chi connectivity index (χ0) is 26.1. The SMILES string of the molecule is COC(=O)c1c(OCc2ccccc2)c(=O)cc(-c2cccc3c2Sc2cc(Cl)c(Cl)cc2OC3)n1C. The van der Waals surface area contributed by atoms with Gasteiger partial charge in [0.2, 0.25) is 5.43 Å². The van der Waals surface area contributed by atoms with Crippen LogP contribution in [-0.4, -0.2) is 17.6 Å². The zero-order valence-electron chi connectivity index (χ0n) is 19.9. The highest BCUT2D eigenvalue weighted by Gasteiger charge is 2.26. The molecule has 3 aromatic carbocycles. The predicted octanol–water partition coefficient (Wildman–Crippen LogP) is 6.77. The number of aromatic nitrogens is 1. The van der Waals surface area contributed by atoms with Crippen molar-refractivity contribution in [2.75, 3.05) is 7.11 Å². The number of esters is 1. The number of hydrogen-bond acceptors (Lipinski definition) is 6. The summed E-state index contributed by atoms with van der Waals surface area (Å²) < 4.78 is 18.5. The van der Waals surface area contributed by atoms with Gasteiger partial charge in [0.1, 0.15) is 19.0 Å². The molecule has 0 saturated carbocycles. The van der Waals surface area contributed by atoms with E-state index in [0.717, 1.165) is 26.5 Å². The number of methoxy groups -OCH3 is 1. The predicted molar refractivity (Wildman–Crippen MR) is 144 cm³/mol. The molecule has 0 fully saturated rings. The molecular weight excluding hydrogens is 533 g/mol. The van der Waals surface area contributed by atoms with Crippen molar-refractivity contribution in [2.45, 2.75) is 23.0 Å². The van der Waals surface area contributed by atoms with E-state index in [4.69, 9.17) is 37.4 Å². The van der Waals surface area contributed by atoms with Crippen molar-refractivity contribution in [3.8, 4) is 22.8 Å². The second kappa shape index (κ2) is 10.5. The van der Waals surface area contributed by atoms with E-state index < -0.39 is 11.4 Å². The van der Waals surface area contributed by atoms with Crippen molar-refractivity contribution in [1.29, 1.82) is 0 Å². The Morgan fingerprint density at radius 1 is 1.05 bits per heavy atom. The number of nitrogens with zero attached hydrogens (tertiary/aromatic N) is 1. The number of pyridine rings is 1. The highest BCUT2D eigenvalue weighted by atomic mass is 35.5. The van der Waals surface area contributed by atoms with Crippen LogP contribution in [0.25, 0.3) is 11.3 Å². The fourth-order valence-electron chi connectivity index (χ4n) is 4.12. The second-order valence-electron chi connectivity index (χ2n) is 8.29. The van der Waals surface area contributed by atoms with Crippen LogP contribution < -0.4 is 14.9 Å². The van der Waals surface area contributed by atoms with Gasteiger partial charge in [0.25, 0.3) is 0 Å². The lowest BCUT2D eigenvalue weighted by molar-refractivity contribution is 0.0582. The topological polar surface area (TPSA) is 66.8 Å². The Labute approximate surface area is 227 Å². The number of carbonyl (C=O) groups excluding carboxylic acids is 1. The molecule has 0 N–H and O–H groups in total. The van der Waals surface area contributed by atoms with Gasteiger partial charge >= 0.3 is 5.97 Å². The van der Waals surface area contributed by atoms with Crippen LogP contribution in [0.5, 0.6) is 11.5 Å². The quantitative estimate of drug-likeness (QED) is 0.254. The minimum atomic E-state index is -0.672. The molecule has 5 rings (SSSR count). The zero-order valence-corrected chi connectivity index (χ0v) is 22.2. The highest BCUT2D eigenvalue weighted by Crippen LogP contribution is 2.47. The van der Waals surface area contributed by atoms with Gasteiger partial charge < -0.3 is 18.8 Å². The molecular formula is C28H21Cl2NO5S. The van der Waals surface area contributed by atoms with Crippen LogP contribution in [0.2, 0.25) is 10.0 Å². The molecule has 0 saturated heterocycles. The first-order valence-corrected chi connectivity index (χ1v) is 12.9. The molecule has 6 nitrogen and oxygen atoms in total. The van der Waals surface area contributed by atoms with Crippen LogP contribution in [0, 0.1) is 0 Å². The van der Waals surface area contributed by atoms with E-state index in [1.165, 1.54) is 24.9 Å². The Balaban J connectivity index is 1.63. The van der Waals surface area contributed by atoms with Gasteiger partial charge in [-0.3, -0.25) is 4.79 Å². The van der Waals surface area contributed by atoms with E-state index in [-0.39, 0.29) is 18.1 Å². The van der Waals surface area contributed by atoms with Crippen LogP contribution in [0.1, 0.15) is 21.6 Å². The van der Waals surface area contributed by atoms with Crippen molar-refractivity contribution in [2.24, 2.45) is 7.05 Å². The molecule has 1 aliphatic heterocycles. The molecule has 0 amide bonds. The number of ether oxygens (including phenoxy) is 3. The standard InChI is InChI=1S/C28H21Cl2NO5S/c1-31-21(13-22(32)26(25(31)28(33)34-2)36-14-16-7-4-3-5-8-16)18-10-6-9-17-15-35-23-11-19(29)20(30)12-24(23)37-27(17)18/h3-13H,14-15H2,1-2H3. The van der Waals surface area contributed by atoms with Gasteiger partial charge in [-0.15, -0.1) is 0 Å². The van der Waals surface area contributed by atoms with Crippen LogP contribution >= 0.6 is 35.0 Å². The van der Waals surface area contributed by atoms with Gasteiger partial charge in [0, 0.05) is 35.2 Å². The molecule has 1 aromatic heterocycles. The summed E-state index contributed by atoms with van der Waals surface area (Å²) in [5, 5.41) is 0.821. The van der Waals surface area contributed by atoms with Crippen molar-refractivity contribution in [1.82, 2.24) is 4.57 Å². The van der Waals surface area contributed by atoms with Crippen LogP contribution in [0.3, 0.4) is 0 Å². The summed E-state index contributed by atoms with van der Waals surface area (Å²) in [5.41, 5.74) is 2.68. The third kappa shape index (κ3) is 4.94. The third-order valence-corrected chi connectivity index (χ3v) is 7.91. The second-order valence-corrected chi connectivity index (χ2v) is 10.2. The van der Waals surface area contributed by atoms with Crippen molar-refractivity contribution in [3.63, 3.8) is 0 Å². The van der Waals surface area contributed by atoms with Gasteiger partial charge in [0.05, 0.1) is 27.7 Å². The molecule has 1 aliphatic rings. The largest absolute Gasteiger partial charge is 0.488 e. The number of rotatable bonds is 5. The smallest absolute Gasteiger partial charge is 0.358 e. The highest BCUT2D eigenvalue weighted by molar-refractivity contribution is 7.99. The third-order valence-electron chi connectivity index (χ3n) is 5.96. The minimum absolute atomic E-state index is 0.0311. The fraction of sp³-hybridized carbons (Fsp3) is 0.143. The molecule has 0 radical (unpaired) electrons. The van der Waals surface area contributed by atoms with Crippen LogP contribution in [-0.2, 0) is 25.0 Å². The van der Waals surface area contributed by atoms with Crippen LogP contribution in [0.15, 0.2) is 81.3 Å². The van der Waals surface area contributed by atoms with Gasteiger partial charge in [0.15, 0.2) is 11.4 Å². The Morgan fingerprint density at radius 3 is 2.57 bits per heavy atom. The van der Waals surface area contributed by atoms with E-state index >= 15 is 0 Å². The Morgan fingerprint density at radius 2 is 1.81 bits per heavy atom. The van der Waals surface area contributed by atoms with Gasteiger partial charge in [-0.1, -0.05) is 83.5 Å². The van der Waals surface area contributed by atoms with Crippen molar-refractivity contribution >= 4 is 40.9 Å². The summed E-state index contributed by atoms with van der Waals surface area (Å²) in [5.74, 6) is -0.114. The van der Waals surface area contributed by atoms with Crippen LogP contribution in [0.4, 0.5) is 0 Å². The average molecular weight is 554 g/mol. The Kier molecular flexibility index (Phi) is 7.20. The summed E-state index contributed by atoms with van der Waals surface area (Å²) in [6.07, 6.45) is 0. The number of carbonyl (C=O) groups is 1. The average Bonchev–Trinajstić information content (AvgIpc) is 3.08. The molecule has 37 heavy (non-hydrogen) atoms. The summed E-state index contributed by atoms with van der Waals surface area (Å²) in [6.45, 7) is 0.435. The number of fused-ring (bicyclic) bond motifs is 2. The first-order valence-electron chi connectivity index (χ1n) is 11.3. The lowest BCUT2D eigenvalue weighted by atomic mass is 10.1. The van der Waals surface area contributed by atoms with E-state index in [2.05, 4.69) is 0 Å². The number of halogens is 2. The van der Waals surface area contributed by atoms with Crippen molar-refractivity contribution < 1.29 is 19.0 Å². The van der Waals surface area contributed by atoms with Gasteiger partial charge in [-0.2, -0.15) is 0 Å². The van der Waals surface area contributed by atoms with E-state index in [1.807, 2.05) is 48.5 Å². The molecule has 0 atom stereocenters. The maximum atomic E-state index is 13.3. The summed E-state index contributed by atoms with van der Waals surface area (Å²) in [6, 6.07) is 20.1. The summed E-state index contributed by atoms with van der Waals surface area (Å²) >= 11 is 13.9. The Bertz CT molecular complexity index is 1570. The molecule has 0 spiro atoms. The summed E-state index contributed by atoms with van der Waals surface area (Å²) in [7, 11) is 2.98. The molecule has 0 aliphatic carbocycles. The molecule has 9 heteroatoms. The molecule has 188 valence electrons. The molecule has 4 aromatic rings. The first-order chi connectivity index (χ1) is 17.9. The maximum Gasteiger partial charge on any atom is 0.358 e. The van der Waals surface area contributed by atoms with Gasteiger partial charge in [-0.25, -0.2) is 4.79 Å². The van der Waals surface area contributed by atoms with Gasteiger partial charge in [-0.05, 0) is 11.6 Å². The molecule has 0 bridgehead atoms. The lowest BCUT2D eigenvalue weighted by Gasteiger charge is -2.19. The van der Waals surface area contributed by atoms with E-state index in [9.17, 15) is 9.59 Å². The first kappa shape index (κ1) is 25.3. The summed E-state index contributed by atoms with van der Waals surface area (Å²) in [4.78, 5) is 27.9. The van der Waals surface area contributed by atoms with Crippen molar-refractivity contribution in [3.05, 3.63) is 104 Å². The monoisotopic (exact) mass is 553 g/mol. The maximum absolute atomic E-state index is 13.3. The molecule has 2 heterocycles. The van der Waals surface area contributed by atoms with E-state index in [0.29, 0.717) is 28.1 Å². The fourth-order valence-corrected chi connectivity index (χ4v) is 5.66. The normalized spacial score (nSPS) is 12.1. The number of benzene rings is 3.